The molecule has 0 atom stereocenters. The van der Waals surface area contributed by atoms with Crippen LogP contribution in [0.5, 0.6) is 11.5 Å². The topological polar surface area (TPSA) is 40.5 Å². The van der Waals surface area contributed by atoms with Gasteiger partial charge in [0.25, 0.3) is 0 Å². The van der Waals surface area contributed by atoms with E-state index in [-0.39, 0.29) is 0 Å². The predicted octanol–water partition coefficient (Wildman–Crippen LogP) is 3.40. The minimum Gasteiger partial charge on any atom is -0.508 e. The van der Waals surface area contributed by atoms with E-state index in [1.165, 1.54) is 5.56 Å². The largest absolute Gasteiger partial charge is 0.508 e. The molecule has 0 aliphatic rings. The lowest BCUT2D eigenvalue weighted by molar-refractivity contribution is 0.471. The number of phenolic OH excluding ortho intramolecular Hbond substituents is 2. The maximum atomic E-state index is 9.04. The maximum Gasteiger partial charge on any atom is 0.118 e. The van der Waals surface area contributed by atoms with E-state index in [1.54, 1.807) is 30.3 Å². The molecule has 0 bridgehead atoms. The normalized spacial score (nSPS) is 9.12. The Balaban J connectivity index is 0.000000165. The monoisotopic (exact) mass is 216 g/mol. The quantitative estimate of drug-likeness (QED) is 0.708. The fourth-order valence-electron chi connectivity index (χ4n) is 1.23. The molecule has 0 fully saturated rings. The van der Waals surface area contributed by atoms with E-state index in [4.69, 9.17) is 10.2 Å². The Morgan fingerprint density at radius 2 is 1.44 bits per heavy atom. The summed E-state index contributed by atoms with van der Waals surface area (Å²) in [5, 5.41) is 17.7. The van der Waals surface area contributed by atoms with E-state index in [1.807, 2.05) is 32.0 Å². The van der Waals surface area contributed by atoms with Crippen molar-refractivity contribution in [3.8, 4) is 11.5 Å². The molecule has 2 N–H and O–H groups in total. The van der Waals surface area contributed by atoms with Crippen LogP contribution in [0.15, 0.2) is 48.5 Å². The van der Waals surface area contributed by atoms with E-state index in [2.05, 4.69) is 0 Å². The number of phenols is 2. The summed E-state index contributed by atoms with van der Waals surface area (Å²) in [7, 11) is 0. The number of aromatic hydroxyl groups is 2. The Morgan fingerprint density at radius 1 is 0.812 bits per heavy atom. The Bertz CT molecular complexity index is 436. The first kappa shape index (κ1) is 12.1. The van der Waals surface area contributed by atoms with Crippen LogP contribution in [0.25, 0.3) is 0 Å². The molecule has 2 rings (SSSR count). The summed E-state index contributed by atoms with van der Waals surface area (Å²) in [5.74, 6) is 0.697. The SMILES string of the molecule is Cc1ccc(O)c(C)c1.Oc1ccccc1. The van der Waals surface area contributed by atoms with Crippen LogP contribution in [0, 0.1) is 13.8 Å². The van der Waals surface area contributed by atoms with Crippen molar-refractivity contribution in [1.82, 2.24) is 0 Å². The third-order valence-corrected chi connectivity index (χ3v) is 2.11. The molecule has 0 unspecified atom stereocenters. The highest BCUT2D eigenvalue weighted by Gasteiger charge is 1.91. The molecule has 84 valence electrons. The molecule has 0 amide bonds. The van der Waals surface area contributed by atoms with Gasteiger partial charge in [0, 0.05) is 0 Å². The van der Waals surface area contributed by atoms with Crippen molar-refractivity contribution >= 4 is 0 Å². The van der Waals surface area contributed by atoms with Crippen LogP contribution in [0.3, 0.4) is 0 Å². The molecular weight excluding hydrogens is 200 g/mol. The summed E-state index contributed by atoms with van der Waals surface area (Å²) in [6.07, 6.45) is 0. The van der Waals surface area contributed by atoms with Gasteiger partial charge in [0.1, 0.15) is 11.5 Å². The molecule has 0 saturated heterocycles. The van der Waals surface area contributed by atoms with Gasteiger partial charge in [-0.25, -0.2) is 0 Å². The summed E-state index contributed by atoms with van der Waals surface area (Å²) in [5.41, 5.74) is 2.13. The Hall–Kier alpha value is -1.96. The number of para-hydroxylation sites is 1. The highest BCUT2D eigenvalue weighted by atomic mass is 16.3. The number of aryl methyl sites for hydroxylation is 2. The van der Waals surface area contributed by atoms with Crippen LogP contribution < -0.4 is 0 Å². The lowest BCUT2D eigenvalue weighted by Crippen LogP contribution is -1.75. The zero-order valence-electron chi connectivity index (χ0n) is 9.51. The van der Waals surface area contributed by atoms with Crippen LogP contribution in [-0.4, -0.2) is 10.2 Å². The molecule has 0 heterocycles. The highest BCUT2D eigenvalue weighted by Crippen LogP contribution is 2.15. The van der Waals surface area contributed by atoms with Gasteiger partial charge in [-0.15, -0.1) is 0 Å². The Labute approximate surface area is 95.8 Å². The average molecular weight is 216 g/mol. The summed E-state index contributed by atoms with van der Waals surface area (Å²) in [4.78, 5) is 0. The zero-order chi connectivity index (χ0) is 12.0. The van der Waals surface area contributed by atoms with E-state index >= 15 is 0 Å². The number of rotatable bonds is 0. The first-order valence-corrected chi connectivity index (χ1v) is 5.10. The second-order valence-electron chi connectivity index (χ2n) is 3.63. The van der Waals surface area contributed by atoms with E-state index in [9.17, 15) is 0 Å². The average Bonchev–Trinajstić information content (AvgIpc) is 2.26. The van der Waals surface area contributed by atoms with Gasteiger partial charge < -0.3 is 10.2 Å². The molecule has 0 aliphatic heterocycles. The molecule has 0 aliphatic carbocycles. The van der Waals surface area contributed by atoms with Crippen LogP contribution in [0.1, 0.15) is 11.1 Å². The molecule has 2 aromatic carbocycles. The van der Waals surface area contributed by atoms with Crippen LogP contribution in [0.4, 0.5) is 0 Å². The lowest BCUT2D eigenvalue weighted by atomic mass is 10.1. The predicted molar refractivity (Wildman–Crippen MR) is 65.7 cm³/mol. The first-order valence-electron chi connectivity index (χ1n) is 5.10. The van der Waals surface area contributed by atoms with Gasteiger partial charge in [0.05, 0.1) is 0 Å². The number of hydrogen-bond donors (Lipinski definition) is 2. The van der Waals surface area contributed by atoms with Gasteiger partial charge in [-0.1, -0.05) is 35.9 Å². The molecule has 16 heavy (non-hydrogen) atoms. The smallest absolute Gasteiger partial charge is 0.118 e. The summed E-state index contributed by atoms with van der Waals surface area (Å²) in [6.45, 7) is 3.90. The van der Waals surface area contributed by atoms with Gasteiger partial charge in [-0.05, 0) is 37.6 Å². The summed E-state index contributed by atoms with van der Waals surface area (Å²) in [6, 6.07) is 14.3. The minimum absolute atomic E-state index is 0.322. The second kappa shape index (κ2) is 5.81. The van der Waals surface area contributed by atoms with E-state index in [0.717, 1.165) is 5.56 Å². The van der Waals surface area contributed by atoms with Crippen molar-refractivity contribution in [1.29, 1.82) is 0 Å². The van der Waals surface area contributed by atoms with Gasteiger partial charge in [-0.2, -0.15) is 0 Å². The summed E-state index contributed by atoms with van der Waals surface area (Å²) < 4.78 is 0. The standard InChI is InChI=1S/C8H10O.C6H6O/c1-6-3-4-8(9)7(2)5-6;7-6-4-2-1-3-5-6/h3-5,9H,1-2H3;1-5,7H. The Kier molecular flexibility index (Phi) is 4.40. The van der Waals surface area contributed by atoms with Crippen molar-refractivity contribution in [2.75, 3.05) is 0 Å². The molecule has 0 saturated carbocycles. The minimum atomic E-state index is 0.322. The van der Waals surface area contributed by atoms with Crippen molar-refractivity contribution in [3.63, 3.8) is 0 Å². The van der Waals surface area contributed by atoms with Gasteiger partial charge >= 0.3 is 0 Å². The first-order chi connectivity index (χ1) is 7.59. The van der Waals surface area contributed by atoms with E-state index in [0.29, 0.717) is 11.5 Å². The zero-order valence-corrected chi connectivity index (χ0v) is 9.51. The van der Waals surface area contributed by atoms with Gasteiger partial charge in [-0.3, -0.25) is 0 Å². The third-order valence-electron chi connectivity index (χ3n) is 2.11. The third kappa shape index (κ3) is 4.05. The lowest BCUT2D eigenvalue weighted by Gasteiger charge is -1.97. The number of benzene rings is 2. The molecule has 0 radical (unpaired) electrons. The maximum absolute atomic E-state index is 9.04. The molecule has 0 aromatic heterocycles. The van der Waals surface area contributed by atoms with Gasteiger partial charge in [0.15, 0.2) is 0 Å². The van der Waals surface area contributed by atoms with Crippen LogP contribution in [-0.2, 0) is 0 Å². The van der Waals surface area contributed by atoms with Crippen LogP contribution >= 0.6 is 0 Å². The van der Waals surface area contributed by atoms with Crippen molar-refractivity contribution in [2.45, 2.75) is 13.8 Å². The van der Waals surface area contributed by atoms with Crippen molar-refractivity contribution in [2.24, 2.45) is 0 Å². The molecule has 2 heteroatoms. The van der Waals surface area contributed by atoms with E-state index < -0.39 is 0 Å². The van der Waals surface area contributed by atoms with Gasteiger partial charge in [0.2, 0.25) is 0 Å². The molecule has 2 nitrogen and oxygen atoms in total. The Morgan fingerprint density at radius 3 is 1.81 bits per heavy atom. The van der Waals surface area contributed by atoms with Crippen molar-refractivity contribution < 1.29 is 10.2 Å². The highest BCUT2D eigenvalue weighted by molar-refractivity contribution is 5.34. The summed E-state index contributed by atoms with van der Waals surface area (Å²) >= 11 is 0. The molecule has 0 spiro atoms. The molecular formula is C14H16O2. The second-order valence-corrected chi connectivity index (χ2v) is 3.63. The van der Waals surface area contributed by atoms with Crippen LogP contribution in [0.2, 0.25) is 0 Å². The fourth-order valence-corrected chi connectivity index (χ4v) is 1.23. The number of hydrogen-bond acceptors (Lipinski definition) is 2. The van der Waals surface area contributed by atoms with Crippen molar-refractivity contribution in [3.05, 3.63) is 59.7 Å². The fraction of sp³-hybridized carbons (Fsp3) is 0.143. The molecule has 2 aromatic rings.